The molecule has 196 valence electrons. The Kier molecular flexibility index (Phi) is 11.0. The average molecular weight is 519 g/mol. The molecule has 4 N–H and O–H groups in total. The predicted molar refractivity (Wildman–Crippen MR) is 137 cm³/mol. The summed E-state index contributed by atoms with van der Waals surface area (Å²) in [5.41, 5.74) is 3.07. The zero-order valence-electron chi connectivity index (χ0n) is 20.5. The monoisotopic (exact) mass is 518 g/mol. The largest absolute Gasteiger partial charge is 0.465 e. The van der Waals surface area contributed by atoms with Crippen molar-refractivity contribution < 1.29 is 34.0 Å². The Morgan fingerprint density at radius 2 is 1.86 bits per heavy atom. The molecule has 0 radical (unpaired) electrons. The van der Waals surface area contributed by atoms with Crippen LogP contribution in [-0.2, 0) is 25.6 Å². The fraction of sp³-hybridized carbons (Fsp3) is 0.462. The van der Waals surface area contributed by atoms with Gasteiger partial charge in [0.2, 0.25) is 0 Å². The molecule has 2 aromatic rings. The van der Waals surface area contributed by atoms with Gasteiger partial charge in [0, 0.05) is 28.7 Å². The molecule has 1 aliphatic heterocycles. The Labute approximate surface area is 215 Å². The number of amides is 2. The summed E-state index contributed by atoms with van der Waals surface area (Å²) in [4.78, 5) is 23.7. The maximum Gasteiger partial charge on any atom is 0.325 e. The van der Waals surface area contributed by atoms with Crippen LogP contribution < -0.4 is 10.6 Å². The van der Waals surface area contributed by atoms with Crippen LogP contribution in [-0.4, -0.2) is 59.6 Å². The van der Waals surface area contributed by atoms with Gasteiger partial charge in [-0.25, -0.2) is 4.79 Å². The van der Waals surface area contributed by atoms with E-state index in [1.165, 1.54) is 0 Å². The molecule has 0 aliphatic carbocycles. The first-order valence-corrected chi connectivity index (χ1v) is 13.1. The van der Waals surface area contributed by atoms with Gasteiger partial charge in [-0.2, -0.15) is 11.8 Å². The number of hydrogen-bond acceptors (Lipinski definition) is 8. The van der Waals surface area contributed by atoms with Gasteiger partial charge in [-0.15, -0.1) is 0 Å². The summed E-state index contributed by atoms with van der Waals surface area (Å²) in [6.45, 7) is 3.87. The Morgan fingerprint density at radius 3 is 2.56 bits per heavy atom. The second-order valence-corrected chi connectivity index (χ2v) is 9.51. The van der Waals surface area contributed by atoms with E-state index in [9.17, 15) is 19.8 Å². The van der Waals surface area contributed by atoms with Gasteiger partial charge in [-0.1, -0.05) is 43.3 Å². The Hall–Kier alpha value is -2.63. The molecule has 0 aromatic heterocycles. The smallest absolute Gasteiger partial charge is 0.325 e. The lowest BCUT2D eigenvalue weighted by atomic mass is 9.91. The minimum atomic E-state index is -0.673. The zero-order chi connectivity index (χ0) is 25.9. The summed E-state index contributed by atoms with van der Waals surface area (Å²) in [6, 6.07) is 14.3. The van der Waals surface area contributed by atoms with Crippen molar-refractivity contribution in [3.05, 3.63) is 65.2 Å². The molecule has 0 bridgehead atoms. The van der Waals surface area contributed by atoms with Gasteiger partial charge in [0.05, 0.1) is 32.0 Å². The van der Waals surface area contributed by atoms with E-state index in [0.717, 1.165) is 16.7 Å². The van der Waals surface area contributed by atoms with Gasteiger partial charge in [-0.05, 0) is 30.2 Å². The molecular weight excluding hydrogens is 484 g/mol. The first kappa shape index (κ1) is 27.9. The summed E-state index contributed by atoms with van der Waals surface area (Å²) in [5.74, 6) is 0.847. The third-order valence-corrected chi connectivity index (χ3v) is 6.79. The van der Waals surface area contributed by atoms with Crippen molar-refractivity contribution >= 4 is 29.4 Å². The number of benzene rings is 2. The van der Waals surface area contributed by atoms with Crippen molar-refractivity contribution in [3.63, 3.8) is 0 Å². The number of esters is 1. The van der Waals surface area contributed by atoms with Crippen molar-refractivity contribution in [2.45, 2.75) is 39.0 Å². The van der Waals surface area contributed by atoms with Gasteiger partial charge in [0.25, 0.3) is 0 Å². The number of rotatable bonds is 11. The molecule has 0 saturated carbocycles. The number of carbonyl (C=O) groups excluding carboxylic acids is 2. The minimum Gasteiger partial charge on any atom is -0.465 e. The van der Waals surface area contributed by atoms with E-state index in [1.807, 2.05) is 30.3 Å². The van der Waals surface area contributed by atoms with Crippen LogP contribution in [0.3, 0.4) is 0 Å². The van der Waals surface area contributed by atoms with Crippen LogP contribution in [0.5, 0.6) is 0 Å². The second kappa shape index (κ2) is 14.2. The van der Waals surface area contributed by atoms with Crippen LogP contribution in [0.25, 0.3) is 0 Å². The normalized spacial score (nSPS) is 21.6. The van der Waals surface area contributed by atoms with Crippen molar-refractivity contribution in [3.8, 4) is 0 Å². The standard InChI is InChI=1S/C26H34N2O7S/c1-3-33-23(31)14-27-26(32)28-21-6-4-5-20(13-21)25-34-22(16-36-12-11-29)17(2)24(35-25)19-9-7-18(15-30)8-10-19/h4-10,13,17,22,24-25,29-30H,3,11-12,14-16H2,1-2H3,(H2,27,28,32)/t17-,22+,24+,25+/m0/s1. The number of aliphatic hydroxyl groups excluding tert-OH is 2. The number of ether oxygens (including phenoxy) is 3. The van der Waals surface area contributed by atoms with Crippen LogP contribution in [0, 0.1) is 5.92 Å². The minimum absolute atomic E-state index is 0.0271. The van der Waals surface area contributed by atoms with Crippen LogP contribution in [0.1, 0.15) is 42.9 Å². The van der Waals surface area contributed by atoms with E-state index < -0.39 is 18.3 Å². The molecule has 1 aliphatic rings. The molecule has 9 nitrogen and oxygen atoms in total. The van der Waals surface area contributed by atoms with Crippen LogP contribution in [0.4, 0.5) is 10.5 Å². The summed E-state index contributed by atoms with van der Waals surface area (Å²) in [5, 5.41) is 23.8. The highest BCUT2D eigenvalue weighted by atomic mass is 32.2. The van der Waals surface area contributed by atoms with Crippen molar-refractivity contribution in [1.82, 2.24) is 5.32 Å². The number of carbonyl (C=O) groups is 2. The molecule has 1 heterocycles. The van der Waals surface area contributed by atoms with Crippen molar-refractivity contribution in [1.29, 1.82) is 0 Å². The Morgan fingerprint density at radius 1 is 1.08 bits per heavy atom. The van der Waals surface area contributed by atoms with E-state index >= 15 is 0 Å². The average Bonchev–Trinajstić information content (AvgIpc) is 2.89. The first-order chi connectivity index (χ1) is 17.4. The fourth-order valence-electron chi connectivity index (χ4n) is 3.88. The SMILES string of the molecule is CCOC(=O)CNC(=O)Nc1cccc([C@@H]2O[C@H](CSCCO)[C@H](C)[C@H](c3ccc(CO)cc3)O2)c1. The molecule has 2 amide bonds. The molecule has 10 heteroatoms. The summed E-state index contributed by atoms with van der Waals surface area (Å²) in [7, 11) is 0. The van der Waals surface area contributed by atoms with E-state index in [4.69, 9.17) is 14.2 Å². The number of hydrogen-bond donors (Lipinski definition) is 4. The number of urea groups is 1. The van der Waals surface area contributed by atoms with E-state index in [2.05, 4.69) is 17.6 Å². The van der Waals surface area contributed by atoms with Crippen LogP contribution >= 0.6 is 11.8 Å². The van der Waals surface area contributed by atoms with Crippen molar-refractivity contribution in [2.75, 3.05) is 36.6 Å². The van der Waals surface area contributed by atoms with Crippen LogP contribution in [0.2, 0.25) is 0 Å². The first-order valence-electron chi connectivity index (χ1n) is 11.9. The van der Waals surface area contributed by atoms with Crippen LogP contribution in [0.15, 0.2) is 48.5 Å². The Bertz CT molecular complexity index is 989. The predicted octanol–water partition coefficient (Wildman–Crippen LogP) is 3.38. The fourth-order valence-corrected chi connectivity index (χ4v) is 4.79. The molecular formula is C26H34N2O7S. The lowest BCUT2D eigenvalue weighted by Gasteiger charge is -2.41. The molecule has 0 unspecified atom stereocenters. The molecule has 4 atom stereocenters. The quantitative estimate of drug-likeness (QED) is 0.263. The summed E-state index contributed by atoms with van der Waals surface area (Å²) < 4.78 is 17.6. The maximum absolute atomic E-state index is 12.2. The lowest BCUT2D eigenvalue weighted by molar-refractivity contribution is -0.268. The highest BCUT2D eigenvalue weighted by molar-refractivity contribution is 7.99. The van der Waals surface area contributed by atoms with E-state index in [1.54, 1.807) is 36.9 Å². The van der Waals surface area contributed by atoms with Gasteiger partial charge in [0.15, 0.2) is 6.29 Å². The number of nitrogens with one attached hydrogen (secondary N) is 2. The third-order valence-electron chi connectivity index (χ3n) is 5.76. The molecule has 1 saturated heterocycles. The topological polar surface area (TPSA) is 126 Å². The summed E-state index contributed by atoms with van der Waals surface area (Å²) in [6.07, 6.45) is -1.05. The lowest BCUT2D eigenvalue weighted by Crippen LogP contribution is -2.38. The highest BCUT2D eigenvalue weighted by Crippen LogP contribution is 2.42. The zero-order valence-corrected chi connectivity index (χ0v) is 21.3. The molecule has 1 fully saturated rings. The molecule has 3 rings (SSSR count). The van der Waals surface area contributed by atoms with Gasteiger partial charge >= 0.3 is 12.0 Å². The maximum atomic E-state index is 12.2. The van der Waals surface area contributed by atoms with Gasteiger partial charge in [-0.3, -0.25) is 4.79 Å². The molecule has 36 heavy (non-hydrogen) atoms. The highest BCUT2D eigenvalue weighted by Gasteiger charge is 2.38. The number of anilines is 1. The second-order valence-electron chi connectivity index (χ2n) is 8.36. The third kappa shape index (κ3) is 7.94. The molecule has 2 aromatic carbocycles. The Balaban J connectivity index is 1.75. The molecule has 0 spiro atoms. The summed E-state index contributed by atoms with van der Waals surface area (Å²) >= 11 is 1.62. The van der Waals surface area contributed by atoms with Crippen molar-refractivity contribution in [2.24, 2.45) is 5.92 Å². The number of thioether (sulfide) groups is 1. The van der Waals surface area contributed by atoms with E-state index in [-0.39, 0.29) is 44.5 Å². The van der Waals surface area contributed by atoms with Gasteiger partial charge < -0.3 is 35.1 Å². The number of aliphatic hydroxyl groups is 2. The van der Waals surface area contributed by atoms with E-state index in [0.29, 0.717) is 17.2 Å². The van der Waals surface area contributed by atoms with Gasteiger partial charge in [0.1, 0.15) is 6.54 Å².